The number of benzene rings is 2. The molecule has 2 heterocycles. The molecular formula is C24H25F3N2O6S. The van der Waals surface area contributed by atoms with Crippen LogP contribution in [0.25, 0.3) is 0 Å². The van der Waals surface area contributed by atoms with Gasteiger partial charge in [-0.25, -0.2) is 4.79 Å². The zero-order valence-corrected chi connectivity index (χ0v) is 19.9. The van der Waals surface area contributed by atoms with Gasteiger partial charge in [-0.2, -0.15) is 13.2 Å². The molecule has 0 radical (unpaired) electrons. The summed E-state index contributed by atoms with van der Waals surface area (Å²) in [5, 5.41) is 19.6. The average molecular weight is 527 g/mol. The number of fused-ring (bicyclic) bond motifs is 1. The third-order valence-corrected chi connectivity index (χ3v) is 7.04. The van der Waals surface area contributed by atoms with Gasteiger partial charge in [0, 0.05) is 7.05 Å². The van der Waals surface area contributed by atoms with Gasteiger partial charge in [-0.3, -0.25) is 9.89 Å². The van der Waals surface area contributed by atoms with Gasteiger partial charge in [0.2, 0.25) is 0 Å². The van der Waals surface area contributed by atoms with Gasteiger partial charge in [0.05, 0.1) is 13.2 Å². The standard InChI is InChI=1S/C24H25F3N2O6S/c1-29(23(31)32)22-28-16-17(33-12-14-8-4-2-5-9-14)18(34-13-15-10-6-3-7-11-15)19(35-21(16)36-22)20(30)24(25,26)27/h2-11,16-21,30H,12-13H2,1H3,(H,31,32)/t16-,17-,18+,19+,20-,21-/m1/s1. The van der Waals surface area contributed by atoms with Crippen molar-refractivity contribution in [2.45, 2.75) is 55.3 Å². The van der Waals surface area contributed by atoms with Crippen LogP contribution in [-0.2, 0) is 27.4 Å². The molecule has 1 saturated heterocycles. The van der Waals surface area contributed by atoms with E-state index in [0.717, 1.165) is 22.2 Å². The molecule has 2 aliphatic heterocycles. The highest BCUT2D eigenvalue weighted by atomic mass is 32.2. The van der Waals surface area contributed by atoms with Crippen molar-refractivity contribution in [3.63, 3.8) is 0 Å². The molecule has 0 aromatic heterocycles. The second-order valence-corrected chi connectivity index (χ2v) is 9.41. The predicted molar refractivity (Wildman–Crippen MR) is 125 cm³/mol. The number of thioether (sulfide) groups is 1. The first kappa shape index (κ1) is 26.4. The third-order valence-electron chi connectivity index (χ3n) is 5.83. The maximum absolute atomic E-state index is 13.7. The Bertz CT molecular complexity index is 1060. The molecule has 0 aliphatic carbocycles. The zero-order chi connectivity index (χ0) is 25.9. The fraction of sp³-hybridized carbons (Fsp3) is 0.417. The highest BCUT2D eigenvalue weighted by Gasteiger charge is 2.58. The van der Waals surface area contributed by atoms with E-state index in [1.165, 1.54) is 7.05 Å². The number of hydrogen-bond donors (Lipinski definition) is 2. The lowest BCUT2D eigenvalue weighted by Crippen LogP contribution is -2.62. The number of carbonyl (C=O) groups is 1. The van der Waals surface area contributed by atoms with Crippen LogP contribution in [0.1, 0.15) is 11.1 Å². The Labute approximate surface area is 209 Å². The Hall–Kier alpha value is -2.64. The molecular weight excluding hydrogens is 501 g/mol. The second-order valence-electron chi connectivity index (χ2n) is 8.34. The quantitative estimate of drug-likeness (QED) is 0.565. The largest absolute Gasteiger partial charge is 0.465 e. The molecule has 0 saturated carbocycles. The molecule has 2 aliphatic rings. The molecule has 36 heavy (non-hydrogen) atoms. The minimum absolute atomic E-state index is 0.0407. The summed E-state index contributed by atoms with van der Waals surface area (Å²) in [6.45, 7) is -0.0175. The molecule has 4 rings (SSSR count). The molecule has 194 valence electrons. The van der Waals surface area contributed by atoms with Crippen molar-refractivity contribution in [2.24, 2.45) is 4.99 Å². The summed E-state index contributed by atoms with van der Waals surface area (Å²) in [6.07, 6.45) is -13.4. The van der Waals surface area contributed by atoms with Gasteiger partial charge in [0.1, 0.15) is 29.8 Å². The molecule has 0 spiro atoms. The first-order chi connectivity index (χ1) is 17.1. The van der Waals surface area contributed by atoms with E-state index in [9.17, 15) is 28.2 Å². The van der Waals surface area contributed by atoms with E-state index < -0.39 is 48.2 Å². The molecule has 12 heteroatoms. The van der Waals surface area contributed by atoms with E-state index >= 15 is 0 Å². The number of ether oxygens (including phenoxy) is 3. The van der Waals surface area contributed by atoms with E-state index in [2.05, 4.69) is 4.99 Å². The van der Waals surface area contributed by atoms with Gasteiger partial charge in [-0.05, 0) is 11.1 Å². The van der Waals surface area contributed by atoms with E-state index in [1.54, 1.807) is 54.6 Å². The molecule has 1 amide bonds. The summed E-state index contributed by atoms with van der Waals surface area (Å²) in [5.41, 5.74) is 0.464. The lowest BCUT2D eigenvalue weighted by atomic mass is 9.93. The number of carboxylic acid groups (broad SMARTS) is 1. The van der Waals surface area contributed by atoms with Gasteiger partial charge >= 0.3 is 12.3 Å². The number of rotatable bonds is 7. The topological polar surface area (TPSA) is 101 Å². The van der Waals surface area contributed by atoms with Crippen LogP contribution in [0.2, 0.25) is 0 Å². The van der Waals surface area contributed by atoms with Crippen molar-refractivity contribution >= 4 is 23.0 Å². The van der Waals surface area contributed by atoms with Crippen LogP contribution in [0.15, 0.2) is 65.7 Å². The zero-order valence-electron chi connectivity index (χ0n) is 19.1. The molecule has 8 nitrogen and oxygen atoms in total. The summed E-state index contributed by atoms with van der Waals surface area (Å²) < 4.78 is 58.7. The normalized spacial score (nSPS) is 26.7. The highest BCUT2D eigenvalue weighted by Crippen LogP contribution is 2.42. The molecule has 0 bridgehead atoms. The van der Waals surface area contributed by atoms with Crippen LogP contribution >= 0.6 is 11.8 Å². The fourth-order valence-corrected chi connectivity index (χ4v) is 5.11. The number of aliphatic hydroxyl groups is 1. The summed E-state index contributed by atoms with van der Waals surface area (Å²) in [4.78, 5) is 16.7. The van der Waals surface area contributed by atoms with Crippen molar-refractivity contribution in [3.05, 3.63) is 71.8 Å². The first-order valence-electron chi connectivity index (χ1n) is 11.1. The molecule has 1 fully saturated rings. The van der Waals surface area contributed by atoms with E-state index in [1.807, 2.05) is 6.07 Å². The minimum Gasteiger partial charge on any atom is -0.465 e. The van der Waals surface area contributed by atoms with Gasteiger partial charge in [0.25, 0.3) is 0 Å². The van der Waals surface area contributed by atoms with Gasteiger partial charge in [-0.1, -0.05) is 72.4 Å². The first-order valence-corrected chi connectivity index (χ1v) is 12.0. The Morgan fingerprint density at radius 1 is 1.06 bits per heavy atom. The van der Waals surface area contributed by atoms with Crippen molar-refractivity contribution in [1.29, 1.82) is 0 Å². The SMILES string of the molecule is CN(C(=O)O)C1=N[C@@H]2[C@@H](OCc3ccccc3)[C@H](OCc3ccccc3)[C@@H]([C@@H](O)C(F)(F)F)O[C@@H]2S1. The highest BCUT2D eigenvalue weighted by molar-refractivity contribution is 8.14. The average Bonchev–Trinajstić information content (AvgIpc) is 3.29. The number of amidine groups is 1. The Kier molecular flexibility index (Phi) is 8.20. The number of hydrogen-bond acceptors (Lipinski definition) is 7. The fourth-order valence-electron chi connectivity index (χ4n) is 3.95. The number of halogens is 3. The van der Waals surface area contributed by atoms with Gasteiger partial charge in [0.15, 0.2) is 11.3 Å². The predicted octanol–water partition coefficient (Wildman–Crippen LogP) is 3.89. The van der Waals surface area contributed by atoms with Gasteiger partial charge < -0.3 is 24.4 Å². The number of aliphatic imine (C=N–C) groups is 1. The number of nitrogens with zero attached hydrogens (tertiary/aromatic N) is 2. The van der Waals surface area contributed by atoms with Crippen LogP contribution in [0, 0.1) is 0 Å². The summed E-state index contributed by atoms with van der Waals surface area (Å²) in [5.74, 6) is 0. The molecule has 6 atom stereocenters. The monoisotopic (exact) mass is 526 g/mol. The van der Waals surface area contributed by atoms with Crippen molar-refractivity contribution in [1.82, 2.24) is 4.90 Å². The summed E-state index contributed by atoms with van der Waals surface area (Å²) in [7, 11) is 1.27. The Morgan fingerprint density at radius 3 is 2.08 bits per heavy atom. The molecule has 2 aromatic rings. The van der Waals surface area contributed by atoms with Crippen molar-refractivity contribution in [3.8, 4) is 0 Å². The minimum atomic E-state index is -4.99. The van der Waals surface area contributed by atoms with Crippen LogP contribution in [0.5, 0.6) is 0 Å². The Balaban J connectivity index is 1.67. The molecule has 2 N–H and O–H groups in total. The smallest absolute Gasteiger partial charge is 0.417 e. The van der Waals surface area contributed by atoms with Crippen LogP contribution < -0.4 is 0 Å². The lowest BCUT2D eigenvalue weighted by Gasteiger charge is -2.44. The van der Waals surface area contributed by atoms with Crippen LogP contribution in [0.4, 0.5) is 18.0 Å². The summed E-state index contributed by atoms with van der Waals surface area (Å²) >= 11 is 0.864. The maximum atomic E-state index is 13.7. The lowest BCUT2D eigenvalue weighted by molar-refractivity contribution is -0.283. The number of aliphatic hydroxyl groups excluding tert-OH is 1. The van der Waals surface area contributed by atoms with E-state index in [0.29, 0.717) is 5.56 Å². The van der Waals surface area contributed by atoms with E-state index in [4.69, 9.17) is 14.2 Å². The summed E-state index contributed by atoms with van der Waals surface area (Å²) in [6, 6.07) is 17.0. The number of amides is 1. The van der Waals surface area contributed by atoms with Crippen LogP contribution in [0.3, 0.4) is 0 Å². The van der Waals surface area contributed by atoms with E-state index in [-0.39, 0.29) is 18.4 Å². The van der Waals surface area contributed by atoms with Crippen molar-refractivity contribution < 1.29 is 42.4 Å². The molecule has 0 unspecified atom stereocenters. The second kappa shape index (κ2) is 11.2. The number of alkyl halides is 3. The van der Waals surface area contributed by atoms with Crippen LogP contribution in [-0.4, -0.2) is 75.5 Å². The Morgan fingerprint density at radius 2 is 1.58 bits per heavy atom. The maximum Gasteiger partial charge on any atom is 0.417 e. The van der Waals surface area contributed by atoms with Gasteiger partial charge in [-0.15, -0.1) is 0 Å². The van der Waals surface area contributed by atoms with Crippen molar-refractivity contribution in [2.75, 3.05) is 7.05 Å². The molecule has 2 aromatic carbocycles. The third kappa shape index (κ3) is 6.01.